The Labute approximate surface area is 146 Å². The number of carbonyl (C=O) groups excluding carboxylic acids is 1. The first-order chi connectivity index (χ1) is 11.2. The molecule has 0 aromatic heterocycles. The number of rotatable bonds is 4. The molecule has 0 aromatic rings. The van der Waals surface area contributed by atoms with E-state index in [0.29, 0.717) is 11.8 Å². The Morgan fingerprint density at radius 3 is 2.67 bits per heavy atom. The van der Waals surface area contributed by atoms with Crippen LogP contribution in [0.1, 0.15) is 59.3 Å². The molecule has 0 amide bonds. The first kappa shape index (κ1) is 17.7. The molecule has 1 saturated heterocycles. The van der Waals surface area contributed by atoms with Crippen LogP contribution >= 0.6 is 0 Å². The average Bonchev–Trinajstić information content (AvgIpc) is 3.20. The Bertz CT molecular complexity index is 567. The summed E-state index contributed by atoms with van der Waals surface area (Å²) in [6, 6.07) is 0. The molecule has 24 heavy (non-hydrogen) atoms. The topological polar surface area (TPSA) is 38.8 Å². The molecule has 0 aromatic carbocycles. The molecule has 0 N–H and O–H groups in total. The monoisotopic (exact) mass is 332 g/mol. The minimum atomic E-state index is -0.368. The molecule has 0 radical (unpaired) electrons. The molecule has 2 aliphatic carbocycles. The molecule has 1 heterocycles. The summed E-state index contributed by atoms with van der Waals surface area (Å²) in [5, 5.41) is 0. The maximum atomic E-state index is 12.6. The maximum absolute atomic E-state index is 12.6. The number of allylic oxidation sites excluding steroid dienone is 1. The van der Waals surface area contributed by atoms with Crippen LogP contribution in [0.5, 0.6) is 0 Å². The molecule has 0 spiro atoms. The van der Waals surface area contributed by atoms with E-state index in [1.54, 1.807) is 0 Å². The fraction of sp³-hybridized carbons (Fsp3) is 0.762. The molecule has 3 aliphatic rings. The molecule has 3 rings (SSSR count). The van der Waals surface area contributed by atoms with E-state index in [9.17, 15) is 4.79 Å². The van der Waals surface area contributed by atoms with Crippen LogP contribution in [0, 0.1) is 22.7 Å². The Morgan fingerprint density at radius 2 is 2.08 bits per heavy atom. The number of epoxide rings is 1. The Balaban J connectivity index is 1.88. The number of esters is 1. The molecular weight excluding hydrogens is 300 g/mol. The van der Waals surface area contributed by atoms with Gasteiger partial charge >= 0.3 is 5.97 Å². The van der Waals surface area contributed by atoms with Crippen LogP contribution in [0.25, 0.3) is 0 Å². The van der Waals surface area contributed by atoms with E-state index in [1.165, 1.54) is 12.7 Å². The fourth-order valence-electron chi connectivity index (χ4n) is 5.81. The Morgan fingerprint density at radius 1 is 1.38 bits per heavy atom. The van der Waals surface area contributed by atoms with E-state index in [0.717, 1.165) is 38.5 Å². The highest BCUT2D eigenvalue weighted by Crippen LogP contribution is 2.63. The highest BCUT2D eigenvalue weighted by atomic mass is 16.6. The van der Waals surface area contributed by atoms with Crippen molar-refractivity contribution < 1.29 is 14.3 Å². The van der Waals surface area contributed by atoms with E-state index in [4.69, 9.17) is 9.47 Å². The van der Waals surface area contributed by atoms with Crippen LogP contribution in [0.4, 0.5) is 0 Å². The zero-order chi connectivity index (χ0) is 17.8. The van der Waals surface area contributed by atoms with Crippen molar-refractivity contribution in [2.24, 2.45) is 22.7 Å². The van der Waals surface area contributed by atoms with E-state index in [2.05, 4.69) is 33.9 Å². The van der Waals surface area contributed by atoms with Crippen molar-refractivity contribution in [2.75, 3.05) is 7.11 Å². The van der Waals surface area contributed by atoms with Crippen LogP contribution in [0.15, 0.2) is 24.8 Å². The highest BCUT2D eigenvalue weighted by Gasteiger charge is 2.60. The Kier molecular flexibility index (Phi) is 4.23. The number of ether oxygens (including phenoxy) is 2. The van der Waals surface area contributed by atoms with Crippen molar-refractivity contribution in [3.63, 3.8) is 0 Å². The van der Waals surface area contributed by atoms with Crippen LogP contribution < -0.4 is 0 Å². The second-order valence-corrected chi connectivity index (χ2v) is 8.80. The normalized spacial score (nSPS) is 47.7. The molecular formula is C21H32O3. The number of hydrogen-bond donors (Lipinski definition) is 0. The fourth-order valence-corrected chi connectivity index (χ4v) is 5.81. The van der Waals surface area contributed by atoms with Crippen molar-refractivity contribution in [3.05, 3.63) is 24.8 Å². The highest BCUT2D eigenvalue weighted by molar-refractivity contribution is 5.77. The van der Waals surface area contributed by atoms with Gasteiger partial charge in [-0.1, -0.05) is 31.6 Å². The van der Waals surface area contributed by atoms with Crippen molar-refractivity contribution in [2.45, 2.75) is 71.0 Å². The summed E-state index contributed by atoms with van der Waals surface area (Å²) in [5.74, 6) is 0.728. The summed E-state index contributed by atoms with van der Waals surface area (Å²) in [7, 11) is 1.52. The van der Waals surface area contributed by atoms with Crippen LogP contribution in [-0.2, 0) is 14.3 Å². The third-order valence-electron chi connectivity index (χ3n) is 7.50. The summed E-state index contributed by atoms with van der Waals surface area (Å²) < 4.78 is 11.1. The zero-order valence-corrected chi connectivity index (χ0v) is 15.7. The predicted molar refractivity (Wildman–Crippen MR) is 95.5 cm³/mol. The molecule has 3 heteroatoms. The lowest BCUT2D eigenvalue weighted by Gasteiger charge is -2.57. The summed E-state index contributed by atoms with van der Waals surface area (Å²) in [4.78, 5) is 12.6. The molecule has 134 valence electrons. The van der Waals surface area contributed by atoms with E-state index in [1.807, 2.05) is 6.08 Å². The van der Waals surface area contributed by atoms with Crippen molar-refractivity contribution in [1.29, 1.82) is 0 Å². The molecule has 1 aliphatic heterocycles. The first-order valence-corrected chi connectivity index (χ1v) is 9.29. The predicted octanol–water partition coefficient (Wildman–Crippen LogP) is 4.67. The van der Waals surface area contributed by atoms with Gasteiger partial charge in [0.25, 0.3) is 0 Å². The maximum Gasteiger partial charge on any atom is 0.311 e. The minimum absolute atomic E-state index is 0.0386. The average molecular weight is 332 g/mol. The summed E-state index contributed by atoms with van der Waals surface area (Å²) in [6.07, 6.45) is 8.37. The lowest BCUT2D eigenvalue weighted by atomic mass is 9.46. The van der Waals surface area contributed by atoms with Gasteiger partial charge in [0.2, 0.25) is 0 Å². The quantitative estimate of drug-likeness (QED) is 0.426. The van der Waals surface area contributed by atoms with Gasteiger partial charge in [-0.25, -0.2) is 0 Å². The standard InChI is InChI=1S/C21H32O3/c1-7-21(5)17(24-21)13-15-14(2)9-10-16-19(15,3)11-8-12-20(16,4)18(22)23-6/h7,15-17H,1-2,8-13H2,3-6H3/t15-,16+,17-,19+,20-,21-/m0/s1. The SMILES string of the molecule is C=C[C@]1(C)O[C@H]1C[C@H]1C(=C)CC[C@@H]2[C@]1(C)CCC[C@]2(C)C(=O)OC. The molecule has 3 nitrogen and oxygen atoms in total. The van der Waals surface area contributed by atoms with Crippen LogP contribution in [-0.4, -0.2) is 24.8 Å². The zero-order valence-electron chi connectivity index (χ0n) is 15.7. The van der Waals surface area contributed by atoms with Gasteiger partial charge in [0.05, 0.1) is 18.6 Å². The van der Waals surface area contributed by atoms with Gasteiger partial charge in [-0.15, -0.1) is 6.58 Å². The Hall–Kier alpha value is -1.09. The number of methoxy groups -OCH3 is 1. The van der Waals surface area contributed by atoms with E-state index in [-0.39, 0.29) is 28.5 Å². The first-order valence-electron chi connectivity index (χ1n) is 9.29. The molecule has 6 atom stereocenters. The number of fused-ring (bicyclic) bond motifs is 1. The van der Waals surface area contributed by atoms with E-state index >= 15 is 0 Å². The molecule has 2 saturated carbocycles. The molecule has 3 fully saturated rings. The van der Waals surface area contributed by atoms with Crippen molar-refractivity contribution in [1.82, 2.24) is 0 Å². The van der Waals surface area contributed by atoms with Crippen LogP contribution in [0.3, 0.4) is 0 Å². The second kappa shape index (κ2) is 5.72. The lowest BCUT2D eigenvalue weighted by molar-refractivity contribution is -0.168. The van der Waals surface area contributed by atoms with Gasteiger partial charge in [-0.05, 0) is 63.2 Å². The third kappa shape index (κ3) is 2.47. The minimum Gasteiger partial charge on any atom is -0.469 e. The van der Waals surface area contributed by atoms with Gasteiger partial charge < -0.3 is 9.47 Å². The summed E-state index contributed by atoms with van der Waals surface area (Å²) in [5.41, 5.74) is 0.895. The van der Waals surface area contributed by atoms with E-state index < -0.39 is 0 Å². The van der Waals surface area contributed by atoms with Gasteiger partial charge in [0, 0.05) is 0 Å². The summed E-state index contributed by atoms with van der Waals surface area (Å²) >= 11 is 0. The molecule has 0 bridgehead atoms. The second-order valence-electron chi connectivity index (χ2n) is 8.80. The summed E-state index contributed by atoms with van der Waals surface area (Å²) in [6.45, 7) is 14.9. The third-order valence-corrected chi connectivity index (χ3v) is 7.50. The van der Waals surface area contributed by atoms with Gasteiger partial charge in [-0.3, -0.25) is 4.79 Å². The van der Waals surface area contributed by atoms with Gasteiger partial charge in [0.1, 0.15) is 5.60 Å². The lowest BCUT2D eigenvalue weighted by Crippen LogP contribution is -2.53. The largest absolute Gasteiger partial charge is 0.469 e. The van der Waals surface area contributed by atoms with Crippen LogP contribution in [0.2, 0.25) is 0 Å². The number of carbonyl (C=O) groups is 1. The molecule has 0 unspecified atom stereocenters. The van der Waals surface area contributed by atoms with Crippen molar-refractivity contribution >= 4 is 5.97 Å². The number of hydrogen-bond acceptors (Lipinski definition) is 3. The smallest absolute Gasteiger partial charge is 0.311 e. The van der Waals surface area contributed by atoms with Crippen molar-refractivity contribution in [3.8, 4) is 0 Å². The van der Waals surface area contributed by atoms with Gasteiger partial charge in [0.15, 0.2) is 0 Å². The van der Waals surface area contributed by atoms with Gasteiger partial charge in [-0.2, -0.15) is 0 Å².